The number of nitrogens with zero attached hydrogens (tertiary/aromatic N) is 3. The normalized spacial score (nSPS) is 12.1. The summed E-state index contributed by atoms with van der Waals surface area (Å²) in [5.74, 6) is -0.672. The first-order chi connectivity index (χ1) is 9.61. The van der Waals surface area contributed by atoms with E-state index in [1.165, 1.54) is 11.3 Å². The average molecular weight is 285 g/mol. The lowest BCUT2D eigenvalue weighted by Gasteiger charge is -2.05. The molecule has 2 aromatic heterocycles. The zero-order valence-corrected chi connectivity index (χ0v) is 12.2. The van der Waals surface area contributed by atoms with Gasteiger partial charge < -0.3 is 0 Å². The van der Waals surface area contributed by atoms with E-state index in [1.807, 2.05) is 6.07 Å². The summed E-state index contributed by atoms with van der Waals surface area (Å²) < 4.78 is 0. The molecular formula is C15H15N3OS. The van der Waals surface area contributed by atoms with Crippen LogP contribution in [0.2, 0.25) is 0 Å². The number of aromatic nitrogens is 2. The number of carbonyl (C=O) groups is 1. The van der Waals surface area contributed by atoms with Gasteiger partial charge in [-0.25, -0.2) is 4.98 Å². The molecule has 20 heavy (non-hydrogen) atoms. The molecule has 0 aromatic carbocycles. The maximum atomic E-state index is 12.4. The Morgan fingerprint density at radius 1 is 1.45 bits per heavy atom. The van der Waals surface area contributed by atoms with Gasteiger partial charge in [-0.05, 0) is 18.1 Å². The molecule has 0 unspecified atom stereocenters. The number of nitriles is 1. The molecule has 5 heteroatoms. The fraction of sp³-hybridized carbons (Fsp3) is 0.333. The first kappa shape index (κ1) is 14.4. The van der Waals surface area contributed by atoms with Crippen molar-refractivity contribution in [1.29, 1.82) is 5.26 Å². The van der Waals surface area contributed by atoms with E-state index in [1.54, 1.807) is 29.8 Å². The van der Waals surface area contributed by atoms with Gasteiger partial charge >= 0.3 is 0 Å². The molecule has 0 aliphatic carbocycles. The van der Waals surface area contributed by atoms with Crippen molar-refractivity contribution in [3.05, 3.63) is 46.2 Å². The molecule has 102 valence electrons. The summed E-state index contributed by atoms with van der Waals surface area (Å²) in [6, 6.07) is 7.23. The minimum absolute atomic E-state index is 0.280. The number of hydrogen-bond donors (Lipinski definition) is 0. The van der Waals surface area contributed by atoms with Crippen molar-refractivity contribution in [1.82, 2.24) is 9.97 Å². The Labute approximate surface area is 122 Å². The summed E-state index contributed by atoms with van der Waals surface area (Å²) in [4.78, 5) is 20.8. The summed E-state index contributed by atoms with van der Waals surface area (Å²) >= 11 is 1.47. The molecule has 0 aliphatic rings. The quantitative estimate of drug-likeness (QED) is 0.791. The zero-order valence-electron chi connectivity index (χ0n) is 11.4. The Morgan fingerprint density at radius 2 is 2.25 bits per heavy atom. The molecule has 1 atom stereocenters. The van der Waals surface area contributed by atoms with Gasteiger partial charge in [-0.1, -0.05) is 19.9 Å². The van der Waals surface area contributed by atoms with Crippen LogP contribution >= 0.6 is 11.3 Å². The number of rotatable bonds is 5. The van der Waals surface area contributed by atoms with Crippen LogP contribution in [0.4, 0.5) is 0 Å². The molecule has 0 aliphatic heterocycles. The summed E-state index contributed by atoms with van der Waals surface area (Å²) in [5, 5.41) is 11.9. The standard InChI is InChI=1S/C15H15N3OS/c1-10(2)7-14-18-13(9-20-14)15(19)11(8-16)12-5-3-4-6-17-12/h3-6,9-11H,7H2,1-2H3/t11-/m0/s1. The number of carbonyl (C=O) groups excluding carboxylic acids is 1. The van der Waals surface area contributed by atoms with Crippen molar-refractivity contribution >= 4 is 17.1 Å². The van der Waals surface area contributed by atoms with Gasteiger partial charge in [-0.15, -0.1) is 11.3 Å². The molecule has 0 saturated heterocycles. The van der Waals surface area contributed by atoms with Crippen LogP contribution in [-0.4, -0.2) is 15.8 Å². The van der Waals surface area contributed by atoms with Crippen molar-refractivity contribution in [3.8, 4) is 6.07 Å². The number of hydrogen-bond acceptors (Lipinski definition) is 5. The fourth-order valence-electron chi connectivity index (χ4n) is 1.82. The summed E-state index contributed by atoms with van der Waals surface area (Å²) in [6.45, 7) is 4.21. The number of Topliss-reactive ketones (excluding diaryl/α,β-unsaturated/α-hetero) is 1. The zero-order chi connectivity index (χ0) is 14.5. The molecule has 2 heterocycles. The summed E-state index contributed by atoms with van der Waals surface area (Å²) in [6.07, 6.45) is 2.43. The van der Waals surface area contributed by atoms with Crippen LogP contribution in [0.3, 0.4) is 0 Å². The Hall–Kier alpha value is -2.06. The molecule has 0 fully saturated rings. The second-order valence-corrected chi connectivity index (χ2v) is 5.85. The topological polar surface area (TPSA) is 66.6 Å². The fourth-order valence-corrected chi connectivity index (χ4v) is 2.82. The first-order valence-electron chi connectivity index (χ1n) is 6.41. The van der Waals surface area contributed by atoms with Crippen LogP contribution in [0.1, 0.15) is 41.0 Å². The monoisotopic (exact) mass is 285 g/mol. The Bertz CT molecular complexity index is 628. The molecule has 0 spiro atoms. The van der Waals surface area contributed by atoms with Gasteiger partial charge in [0.1, 0.15) is 5.69 Å². The van der Waals surface area contributed by atoms with E-state index >= 15 is 0 Å². The van der Waals surface area contributed by atoms with E-state index in [0.29, 0.717) is 17.3 Å². The third-order valence-corrected chi connectivity index (χ3v) is 3.63. The van der Waals surface area contributed by atoms with E-state index in [0.717, 1.165) is 11.4 Å². The second-order valence-electron chi connectivity index (χ2n) is 4.91. The van der Waals surface area contributed by atoms with Gasteiger partial charge in [0.2, 0.25) is 5.78 Å². The third-order valence-electron chi connectivity index (χ3n) is 2.76. The lowest BCUT2D eigenvalue weighted by molar-refractivity contribution is 0.0973. The molecule has 2 rings (SSSR count). The van der Waals surface area contributed by atoms with Crippen LogP contribution in [0, 0.1) is 17.2 Å². The van der Waals surface area contributed by atoms with Crippen LogP contribution in [0.25, 0.3) is 0 Å². The van der Waals surface area contributed by atoms with Gasteiger partial charge in [0.05, 0.1) is 16.8 Å². The van der Waals surface area contributed by atoms with Gasteiger partial charge in [-0.3, -0.25) is 9.78 Å². The lowest BCUT2D eigenvalue weighted by atomic mass is 9.99. The van der Waals surface area contributed by atoms with E-state index in [9.17, 15) is 10.1 Å². The minimum atomic E-state index is -0.884. The highest BCUT2D eigenvalue weighted by atomic mass is 32.1. The molecular weight excluding hydrogens is 270 g/mol. The molecule has 0 bridgehead atoms. The lowest BCUT2D eigenvalue weighted by Crippen LogP contribution is -2.13. The first-order valence-corrected chi connectivity index (χ1v) is 7.29. The Balaban J connectivity index is 2.22. The highest BCUT2D eigenvalue weighted by Crippen LogP contribution is 2.21. The van der Waals surface area contributed by atoms with Gasteiger partial charge in [0.25, 0.3) is 0 Å². The van der Waals surface area contributed by atoms with E-state index in [-0.39, 0.29) is 5.78 Å². The van der Waals surface area contributed by atoms with E-state index < -0.39 is 5.92 Å². The largest absolute Gasteiger partial charge is 0.290 e. The van der Waals surface area contributed by atoms with Crippen LogP contribution in [0.5, 0.6) is 0 Å². The van der Waals surface area contributed by atoms with Crippen LogP contribution < -0.4 is 0 Å². The van der Waals surface area contributed by atoms with Crippen molar-refractivity contribution in [2.75, 3.05) is 0 Å². The molecule has 0 saturated carbocycles. The SMILES string of the molecule is CC(C)Cc1nc(C(=O)[C@@H](C#N)c2ccccn2)cs1. The van der Waals surface area contributed by atoms with Crippen molar-refractivity contribution in [3.63, 3.8) is 0 Å². The van der Waals surface area contributed by atoms with Gasteiger partial charge in [-0.2, -0.15) is 5.26 Å². The maximum absolute atomic E-state index is 12.4. The molecule has 4 nitrogen and oxygen atoms in total. The smallest absolute Gasteiger partial charge is 0.205 e. The Morgan fingerprint density at radius 3 is 2.85 bits per heavy atom. The van der Waals surface area contributed by atoms with E-state index in [4.69, 9.17) is 0 Å². The summed E-state index contributed by atoms with van der Waals surface area (Å²) in [5.41, 5.74) is 0.835. The van der Waals surface area contributed by atoms with Crippen molar-refractivity contribution in [2.45, 2.75) is 26.2 Å². The third kappa shape index (κ3) is 3.28. The van der Waals surface area contributed by atoms with Crippen LogP contribution in [-0.2, 0) is 6.42 Å². The highest BCUT2D eigenvalue weighted by Gasteiger charge is 2.25. The van der Waals surface area contributed by atoms with Crippen molar-refractivity contribution in [2.24, 2.45) is 5.92 Å². The predicted octanol–water partition coefficient (Wildman–Crippen LogP) is 3.23. The van der Waals surface area contributed by atoms with Gasteiger partial charge in [0, 0.05) is 18.0 Å². The molecule has 0 N–H and O–H groups in total. The number of pyridine rings is 1. The average Bonchev–Trinajstić information content (AvgIpc) is 2.88. The maximum Gasteiger partial charge on any atom is 0.205 e. The van der Waals surface area contributed by atoms with E-state index in [2.05, 4.69) is 23.8 Å². The molecule has 0 radical (unpaired) electrons. The minimum Gasteiger partial charge on any atom is -0.290 e. The predicted molar refractivity (Wildman–Crippen MR) is 77.6 cm³/mol. The number of thiazole rings is 1. The molecule has 0 amide bonds. The second kappa shape index (κ2) is 6.40. The van der Waals surface area contributed by atoms with Gasteiger partial charge in [0.15, 0.2) is 5.92 Å². The molecule has 2 aromatic rings. The highest BCUT2D eigenvalue weighted by molar-refractivity contribution is 7.09. The van der Waals surface area contributed by atoms with Crippen LogP contribution in [0.15, 0.2) is 29.8 Å². The Kier molecular flexibility index (Phi) is 4.59. The summed E-state index contributed by atoms with van der Waals surface area (Å²) in [7, 11) is 0. The number of ketones is 1. The van der Waals surface area contributed by atoms with Crippen molar-refractivity contribution < 1.29 is 4.79 Å².